The van der Waals surface area contributed by atoms with Gasteiger partial charge in [0.25, 0.3) is 0 Å². The van der Waals surface area contributed by atoms with Gasteiger partial charge in [-0.3, -0.25) is 0 Å². The average Bonchev–Trinajstić information content (AvgIpc) is 3.00. The molecule has 0 bridgehead atoms. The van der Waals surface area contributed by atoms with Crippen molar-refractivity contribution < 1.29 is 0 Å². The van der Waals surface area contributed by atoms with Gasteiger partial charge in [-0.15, -0.1) is 11.3 Å². The lowest BCUT2D eigenvalue weighted by molar-refractivity contribution is 0.633. The van der Waals surface area contributed by atoms with Crippen LogP contribution in [0, 0.1) is 0 Å². The summed E-state index contributed by atoms with van der Waals surface area (Å²) in [6.07, 6.45) is 11.3. The Hall–Kier alpha value is -1.13. The summed E-state index contributed by atoms with van der Waals surface area (Å²) in [5, 5.41) is 0. The monoisotopic (exact) mass is 289 g/mol. The molecule has 108 valence electrons. The number of imidazole rings is 1. The molecule has 1 aliphatic carbocycles. The fourth-order valence-electron chi connectivity index (χ4n) is 2.99. The zero-order valence-electron chi connectivity index (χ0n) is 12.1. The predicted molar refractivity (Wildman–Crippen MR) is 84.1 cm³/mol. The molecule has 20 heavy (non-hydrogen) atoms. The number of aryl methyl sites for hydroxylation is 3. The second-order valence-electron chi connectivity index (χ2n) is 5.60. The highest BCUT2D eigenvalue weighted by Gasteiger charge is 2.17. The van der Waals surface area contributed by atoms with Gasteiger partial charge in [0.05, 0.1) is 0 Å². The fraction of sp³-hybridized carbons (Fsp3) is 0.562. The Labute approximate surface area is 124 Å². The third-order valence-electron chi connectivity index (χ3n) is 4.18. The van der Waals surface area contributed by atoms with Crippen LogP contribution in [0.2, 0.25) is 0 Å². The van der Waals surface area contributed by atoms with Crippen molar-refractivity contribution in [2.24, 2.45) is 5.73 Å². The summed E-state index contributed by atoms with van der Waals surface area (Å²) in [5.74, 6) is 1.10. The standard InChI is InChI=1S/C16H23N3S/c1-2-19-9-8-18-16(19)11-13(17)15-10-12-6-4-3-5-7-14(12)20-15/h8-10,13H,2-7,11,17H2,1H3. The minimum absolute atomic E-state index is 0.0830. The van der Waals surface area contributed by atoms with Crippen LogP contribution < -0.4 is 5.73 Å². The van der Waals surface area contributed by atoms with Gasteiger partial charge in [-0.1, -0.05) is 6.42 Å². The van der Waals surface area contributed by atoms with Gasteiger partial charge in [-0.2, -0.15) is 0 Å². The average molecular weight is 289 g/mol. The first kappa shape index (κ1) is 13.8. The Morgan fingerprint density at radius 1 is 1.35 bits per heavy atom. The number of hydrogen-bond acceptors (Lipinski definition) is 3. The first-order valence-electron chi connectivity index (χ1n) is 7.65. The molecule has 3 nitrogen and oxygen atoms in total. The second kappa shape index (κ2) is 6.10. The summed E-state index contributed by atoms with van der Waals surface area (Å²) < 4.78 is 2.18. The van der Waals surface area contributed by atoms with Crippen LogP contribution in [0.1, 0.15) is 53.4 Å². The topological polar surface area (TPSA) is 43.8 Å². The van der Waals surface area contributed by atoms with Crippen LogP contribution in [0.4, 0.5) is 0 Å². The fourth-order valence-corrected chi connectivity index (χ4v) is 4.25. The van der Waals surface area contributed by atoms with E-state index in [1.165, 1.54) is 37.0 Å². The van der Waals surface area contributed by atoms with Crippen LogP contribution in [0.15, 0.2) is 18.5 Å². The van der Waals surface area contributed by atoms with E-state index in [1.807, 2.05) is 23.7 Å². The lowest BCUT2D eigenvalue weighted by Crippen LogP contribution is -2.15. The van der Waals surface area contributed by atoms with Crippen molar-refractivity contribution in [3.63, 3.8) is 0 Å². The van der Waals surface area contributed by atoms with Gasteiger partial charge >= 0.3 is 0 Å². The van der Waals surface area contributed by atoms with Crippen LogP contribution >= 0.6 is 11.3 Å². The van der Waals surface area contributed by atoms with Gasteiger partial charge in [-0.25, -0.2) is 4.98 Å². The molecular weight excluding hydrogens is 266 g/mol. The van der Waals surface area contributed by atoms with Crippen molar-refractivity contribution in [2.45, 2.75) is 58.0 Å². The number of nitrogens with zero attached hydrogens (tertiary/aromatic N) is 2. The molecule has 0 radical (unpaired) electrons. The summed E-state index contributed by atoms with van der Waals surface area (Å²) in [4.78, 5) is 7.35. The van der Waals surface area contributed by atoms with E-state index in [4.69, 9.17) is 5.73 Å². The quantitative estimate of drug-likeness (QED) is 0.876. The lowest BCUT2D eigenvalue weighted by Gasteiger charge is -2.10. The van der Waals surface area contributed by atoms with Gasteiger partial charge < -0.3 is 10.3 Å². The van der Waals surface area contributed by atoms with Crippen LogP contribution in [0.5, 0.6) is 0 Å². The number of aromatic nitrogens is 2. The zero-order valence-corrected chi connectivity index (χ0v) is 13.0. The Morgan fingerprint density at radius 2 is 2.20 bits per heavy atom. The molecule has 0 spiro atoms. The molecular formula is C16H23N3S. The Morgan fingerprint density at radius 3 is 3.05 bits per heavy atom. The normalized spacial score (nSPS) is 16.7. The van der Waals surface area contributed by atoms with E-state index in [9.17, 15) is 0 Å². The van der Waals surface area contributed by atoms with E-state index < -0.39 is 0 Å². The van der Waals surface area contributed by atoms with Crippen molar-refractivity contribution in [3.8, 4) is 0 Å². The highest BCUT2D eigenvalue weighted by atomic mass is 32.1. The molecule has 1 aliphatic rings. The predicted octanol–water partition coefficient (Wildman–Crippen LogP) is 3.48. The van der Waals surface area contributed by atoms with E-state index in [-0.39, 0.29) is 6.04 Å². The summed E-state index contributed by atoms with van der Waals surface area (Å²) in [6.45, 7) is 3.10. The van der Waals surface area contributed by atoms with Crippen molar-refractivity contribution in [3.05, 3.63) is 39.6 Å². The maximum atomic E-state index is 6.42. The molecule has 1 atom stereocenters. The molecule has 0 saturated carbocycles. The Balaban J connectivity index is 1.75. The smallest absolute Gasteiger partial charge is 0.110 e. The van der Waals surface area contributed by atoms with E-state index in [1.54, 1.807) is 10.4 Å². The number of hydrogen-bond donors (Lipinski definition) is 1. The lowest BCUT2D eigenvalue weighted by atomic mass is 10.1. The van der Waals surface area contributed by atoms with E-state index in [2.05, 4.69) is 22.5 Å². The van der Waals surface area contributed by atoms with Crippen LogP contribution in [0.3, 0.4) is 0 Å². The maximum absolute atomic E-state index is 6.42. The molecule has 2 N–H and O–H groups in total. The second-order valence-corrected chi connectivity index (χ2v) is 6.77. The molecule has 2 heterocycles. The Kier molecular flexibility index (Phi) is 4.22. The zero-order chi connectivity index (χ0) is 13.9. The van der Waals surface area contributed by atoms with Crippen molar-refractivity contribution >= 4 is 11.3 Å². The Bertz CT molecular complexity index is 547. The molecule has 0 saturated heterocycles. The summed E-state index contributed by atoms with van der Waals surface area (Å²) in [5.41, 5.74) is 7.97. The first-order chi connectivity index (χ1) is 9.78. The number of nitrogens with two attached hydrogens (primary N) is 1. The van der Waals surface area contributed by atoms with E-state index in [0.717, 1.165) is 18.8 Å². The molecule has 1 unspecified atom stereocenters. The molecule has 2 aromatic rings. The van der Waals surface area contributed by atoms with Crippen LogP contribution in [-0.4, -0.2) is 9.55 Å². The highest BCUT2D eigenvalue weighted by Crippen LogP contribution is 2.32. The van der Waals surface area contributed by atoms with Crippen LogP contribution in [0.25, 0.3) is 0 Å². The molecule has 2 aromatic heterocycles. The summed E-state index contributed by atoms with van der Waals surface area (Å²) in [7, 11) is 0. The first-order valence-corrected chi connectivity index (χ1v) is 8.46. The SMILES string of the molecule is CCn1ccnc1CC(N)c1cc2c(s1)CCCCC2. The minimum atomic E-state index is 0.0830. The molecule has 3 rings (SSSR count). The molecule has 0 fully saturated rings. The van der Waals surface area contributed by atoms with E-state index in [0.29, 0.717) is 0 Å². The van der Waals surface area contributed by atoms with Crippen molar-refractivity contribution in [2.75, 3.05) is 0 Å². The van der Waals surface area contributed by atoms with Crippen molar-refractivity contribution in [1.82, 2.24) is 9.55 Å². The molecule has 0 aliphatic heterocycles. The summed E-state index contributed by atoms with van der Waals surface area (Å²) >= 11 is 1.93. The van der Waals surface area contributed by atoms with Crippen molar-refractivity contribution in [1.29, 1.82) is 0 Å². The van der Waals surface area contributed by atoms with E-state index >= 15 is 0 Å². The minimum Gasteiger partial charge on any atom is -0.335 e. The van der Waals surface area contributed by atoms with Gasteiger partial charge in [0.2, 0.25) is 0 Å². The van der Waals surface area contributed by atoms with Gasteiger partial charge in [-0.05, 0) is 44.2 Å². The van der Waals surface area contributed by atoms with Gasteiger partial charge in [0.1, 0.15) is 5.82 Å². The highest BCUT2D eigenvalue weighted by molar-refractivity contribution is 7.12. The summed E-state index contributed by atoms with van der Waals surface area (Å²) in [6, 6.07) is 2.44. The van der Waals surface area contributed by atoms with Gasteiger partial charge in [0.15, 0.2) is 0 Å². The third-order valence-corrected chi connectivity index (χ3v) is 5.54. The molecule has 0 aromatic carbocycles. The molecule has 0 amide bonds. The number of rotatable bonds is 4. The van der Waals surface area contributed by atoms with Crippen LogP contribution in [-0.2, 0) is 25.8 Å². The van der Waals surface area contributed by atoms with Gasteiger partial charge in [0, 0.05) is 41.2 Å². The third kappa shape index (κ3) is 2.81. The number of fused-ring (bicyclic) bond motifs is 1. The molecule has 4 heteroatoms. The number of thiophene rings is 1. The largest absolute Gasteiger partial charge is 0.335 e. The maximum Gasteiger partial charge on any atom is 0.110 e.